The molecule has 220 valence electrons. The molecule has 0 aromatic heterocycles. The number of hydrogen-bond acceptors (Lipinski definition) is 14. The van der Waals surface area contributed by atoms with Crippen molar-refractivity contribution in [1.82, 2.24) is 0 Å². The molecule has 0 unspecified atom stereocenters. The highest BCUT2D eigenvalue weighted by Crippen LogP contribution is 2.53. The van der Waals surface area contributed by atoms with Crippen LogP contribution in [-0.4, -0.2) is 116 Å². The number of hydrogen-bond donors (Lipinski definition) is 7. The molecule has 1 saturated heterocycles. The van der Waals surface area contributed by atoms with Crippen LogP contribution >= 0.6 is 0 Å². The second-order valence-corrected chi connectivity index (χ2v) is 10.0. The fourth-order valence-corrected chi connectivity index (χ4v) is 5.24. The minimum Gasteiger partial charge on any atom is -0.508 e. The third-order valence-corrected chi connectivity index (χ3v) is 7.44. The molecule has 14 nitrogen and oxygen atoms in total. The Labute approximate surface area is 228 Å². The Morgan fingerprint density at radius 2 is 1.75 bits per heavy atom. The number of carbonyl (C=O) groups is 2. The van der Waals surface area contributed by atoms with Crippen molar-refractivity contribution >= 4 is 18.0 Å². The van der Waals surface area contributed by atoms with Gasteiger partial charge in [0.25, 0.3) is 0 Å². The number of esters is 2. The number of methoxy groups -OCH3 is 1. The maximum absolute atomic E-state index is 12.6. The van der Waals surface area contributed by atoms with E-state index in [0.717, 1.165) is 19.4 Å². The van der Waals surface area contributed by atoms with Crippen LogP contribution in [0.2, 0.25) is 0 Å². The van der Waals surface area contributed by atoms with E-state index in [2.05, 4.69) is 0 Å². The van der Waals surface area contributed by atoms with Crippen molar-refractivity contribution in [3.63, 3.8) is 0 Å². The lowest BCUT2D eigenvalue weighted by molar-refractivity contribution is -0.352. The van der Waals surface area contributed by atoms with Gasteiger partial charge in [-0.25, -0.2) is 9.59 Å². The Hall–Kier alpha value is -3.08. The summed E-state index contributed by atoms with van der Waals surface area (Å²) < 4.78 is 26.7. The van der Waals surface area contributed by atoms with Gasteiger partial charge in [-0.05, 0) is 30.7 Å². The molecule has 2 aliphatic heterocycles. The average Bonchev–Trinajstić information content (AvgIpc) is 3.13. The summed E-state index contributed by atoms with van der Waals surface area (Å²) in [5.41, 5.74) is -4.16. The molecule has 10 atom stereocenters. The zero-order chi connectivity index (χ0) is 29.4. The average molecular weight is 569 g/mol. The number of fused-ring (bicyclic) bond motifs is 1. The molecule has 4 rings (SSSR count). The Bertz CT molecular complexity index is 1140. The Kier molecular flexibility index (Phi) is 8.54. The summed E-state index contributed by atoms with van der Waals surface area (Å²) in [7, 11) is 1.07. The van der Waals surface area contributed by atoms with Gasteiger partial charge in [-0.2, -0.15) is 0 Å². The van der Waals surface area contributed by atoms with Crippen molar-refractivity contribution in [3.05, 3.63) is 47.7 Å². The maximum Gasteiger partial charge on any atom is 0.339 e. The van der Waals surface area contributed by atoms with Crippen LogP contribution in [0, 0.1) is 5.92 Å². The van der Waals surface area contributed by atoms with Crippen molar-refractivity contribution in [3.8, 4) is 5.75 Å². The third-order valence-electron chi connectivity index (χ3n) is 7.44. The lowest BCUT2D eigenvalue weighted by Gasteiger charge is -2.46. The lowest BCUT2D eigenvalue weighted by Crippen LogP contribution is -2.62. The molecule has 1 saturated carbocycles. The third kappa shape index (κ3) is 5.44. The van der Waals surface area contributed by atoms with Gasteiger partial charge in [0.15, 0.2) is 6.29 Å². The quantitative estimate of drug-likeness (QED) is 0.140. The predicted octanol–water partition coefficient (Wildman–Crippen LogP) is -1.95. The fraction of sp³-hybridized carbons (Fsp3) is 0.538. The van der Waals surface area contributed by atoms with Gasteiger partial charge in [-0.3, -0.25) is 0 Å². The van der Waals surface area contributed by atoms with E-state index >= 15 is 0 Å². The van der Waals surface area contributed by atoms with Gasteiger partial charge in [0.1, 0.15) is 53.0 Å². The number of ether oxygens (including phenoxy) is 5. The van der Waals surface area contributed by atoms with Gasteiger partial charge in [-0.1, -0.05) is 12.1 Å². The standard InChI is InChI=1S/C26H32O14/c1-25(34)16(39-17(29)8-5-12-3-6-13(28)7-4-12)9-26(35)14(22(33)36-2)11-37-24(21(25)26)40-23-20(32)19(31)18(30)15(10-27)38-23/h3-8,11,15-16,18-21,23-24,27-28,30-32,34-35H,9-10H2,1-2H3/b8-5+/t15-,16+,18-,19+,20-,21-,23+,24+,25-,26+/m0/s1. The summed E-state index contributed by atoms with van der Waals surface area (Å²) in [4.78, 5) is 25.1. The molecular formula is C26H32O14. The zero-order valence-corrected chi connectivity index (χ0v) is 21.6. The van der Waals surface area contributed by atoms with Crippen LogP contribution in [0.5, 0.6) is 5.75 Å². The van der Waals surface area contributed by atoms with Crippen LogP contribution in [0.1, 0.15) is 18.9 Å². The van der Waals surface area contributed by atoms with E-state index in [9.17, 15) is 45.3 Å². The number of phenolic OH excluding ortho intramolecular Hbond substituents is 1. The van der Waals surface area contributed by atoms with Crippen molar-refractivity contribution in [1.29, 1.82) is 0 Å². The Morgan fingerprint density at radius 3 is 2.38 bits per heavy atom. The van der Waals surface area contributed by atoms with Crippen LogP contribution in [0.4, 0.5) is 0 Å². The number of benzene rings is 1. The highest BCUT2D eigenvalue weighted by molar-refractivity contribution is 5.91. The molecule has 40 heavy (non-hydrogen) atoms. The largest absolute Gasteiger partial charge is 0.508 e. The lowest BCUT2D eigenvalue weighted by atomic mass is 9.77. The molecule has 14 heteroatoms. The zero-order valence-electron chi connectivity index (χ0n) is 21.6. The van der Waals surface area contributed by atoms with E-state index in [-0.39, 0.29) is 5.75 Å². The first-order chi connectivity index (χ1) is 18.8. The number of carbonyl (C=O) groups excluding carboxylic acids is 2. The SMILES string of the molecule is COC(=O)C1=CO[C@H](O[C@H]2O[C@@H](CO)[C@H](O)[C@@H](O)[C@@H]2O)[C@H]2[C@@](C)(O)[C@H](OC(=O)/C=C/c3ccc(O)cc3)C[C@@]12O. The molecular weight excluding hydrogens is 536 g/mol. The molecule has 2 heterocycles. The highest BCUT2D eigenvalue weighted by atomic mass is 16.8. The molecule has 1 aliphatic carbocycles. The number of rotatable bonds is 7. The van der Waals surface area contributed by atoms with E-state index in [0.29, 0.717) is 5.56 Å². The first-order valence-electron chi connectivity index (χ1n) is 12.4. The summed E-state index contributed by atoms with van der Waals surface area (Å²) in [6.45, 7) is 0.494. The summed E-state index contributed by atoms with van der Waals surface area (Å²) in [5.74, 6) is -3.38. The number of aromatic hydroxyl groups is 1. The monoisotopic (exact) mass is 568 g/mol. The van der Waals surface area contributed by atoms with Gasteiger partial charge in [-0.15, -0.1) is 0 Å². The number of aliphatic hydroxyl groups excluding tert-OH is 4. The molecule has 3 aliphatic rings. The minimum atomic E-state index is -2.22. The maximum atomic E-state index is 12.6. The summed E-state index contributed by atoms with van der Waals surface area (Å²) in [6, 6.07) is 5.94. The Balaban J connectivity index is 1.60. The number of phenols is 1. The van der Waals surface area contributed by atoms with Gasteiger partial charge >= 0.3 is 11.9 Å². The van der Waals surface area contributed by atoms with Crippen molar-refractivity contribution in [2.75, 3.05) is 13.7 Å². The van der Waals surface area contributed by atoms with E-state index in [1.54, 1.807) is 12.1 Å². The molecule has 0 bridgehead atoms. The molecule has 0 radical (unpaired) electrons. The van der Waals surface area contributed by atoms with Crippen molar-refractivity contribution < 1.29 is 69.0 Å². The molecule has 7 N–H and O–H groups in total. The fourth-order valence-electron chi connectivity index (χ4n) is 5.24. The Morgan fingerprint density at radius 1 is 1.07 bits per heavy atom. The van der Waals surface area contributed by atoms with Crippen LogP contribution in [0.3, 0.4) is 0 Å². The van der Waals surface area contributed by atoms with E-state index in [1.165, 1.54) is 25.1 Å². The molecule has 0 spiro atoms. The first-order valence-corrected chi connectivity index (χ1v) is 12.4. The summed E-state index contributed by atoms with van der Waals surface area (Å²) >= 11 is 0. The van der Waals surface area contributed by atoms with Gasteiger partial charge in [0.2, 0.25) is 6.29 Å². The minimum absolute atomic E-state index is 0.0368. The first kappa shape index (κ1) is 29.9. The summed E-state index contributed by atoms with van der Waals surface area (Å²) in [6.07, 6.45) is -8.50. The van der Waals surface area contributed by atoms with Crippen molar-refractivity contribution in [2.45, 2.75) is 67.6 Å². The van der Waals surface area contributed by atoms with E-state index in [1.807, 2.05) is 0 Å². The summed E-state index contributed by atoms with van der Waals surface area (Å²) in [5, 5.41) is 72.7. The smallest absolute Gasteiger partial charge is 0.339 e. The van der Waals surface area contributed by atoms with Crippen LogP contribution < -0.4 is 0 Å². The second-order valence-electron chi connectivity index (χ2n) is 10.0. The molecule has 1 aromatic carbocycles. The predicted molar refractivity (Wildman–Crippen MR) is 131 cm³/mol. The molecule has 0 amide bonds. The van der Waals surface area contributed by atoms with E-state index < -0.39 is 90.8 Å². The normalized spacial score (nSPS) is 39.2. The van der Waals surface area contributed by atoms with Crippen LogP contribution in [0.25, 0.3) is 6.08 Å². The van der Waals surface area contributed by atoms with Crippen LogP contribution in [-0.2, 0) is 33.3 Å². The van der Waals surface area contributed by atoms with Gasteiger partial charge in [0.05, 0.1) is 25.9 Å². The molecule has 1 aromatic rings. The topological polar surface area (TPSA) is 222 Å². The highest BCUT2D eigenvalue weighted by Gasteiger charge is 2.69. The van der Waals surface area contributed by atoms with Crippen LogP contribution in [0.15, 0.2) is 42.2 Å². The van der Waals surface area contributed by atoms with Crippen molar-refractivity contribution in [2.24, 2.45) is 5.92 Å². The van der Waals surface area contributed by atoms with E-state index in [4.69, 9.17) is 23.7 Å². The van der Waals surface area contributed by atoms with Gasteiger partial charge in [0, 0.05) is 12.5 Å². The van der Waals surface area contributed by atoms with Gasteiger partial charge < -0.3 is 59.4 Å². The second kappa shape index (κ2) is 11.4. The molecule has 2 fully saturated rings. The number of aliphatic hydroxyl groups is 6.